The van der Waals surface area contributed by atoms with Crippen molar-refractivity contribution in [3.63, 3.8) is 0 Å². The van der Waals surface area contributed by atoms with Crippen LogP contribution in [0.2, 0.25) is 0 Å². The van der Waals surface area contributed by atoms with Gasteiger partial charge in [-0.2, -0.15) is 0 Å². The largest absolute Gasteiger partial charge is 0.481 e. The fraction of sp³-hybridized carbons (Fsp3) is 0.867. The standard InChI is InChI=1S/C30H46O4/c1-25(2)12-13-27(5)14-15-30(24(33)34)18(19(27)16-25)8-9-21-28(6)11-10-22(32)26(3,4)23(28)20(31)17-29(21,30)7/h8,19-21,23,31H,9-17H2,1-7H3,(H,33,34)/t19-,20+,21+,23-,27+,28+,29+,30+/m0/s1. The summed E-state index contributed by atoms with van der Waals surface area (Å²) in [6.45, 7) is 15.6. The monoisotopic (exact) mass is 470 g/mol. The lowest BCUT2D eigenvalue weighted by Gasteiger charge is -2.70. The van der Waals surface area contributed by atoms with E-state index in [-0.39, 0.29) is 33.9 Å². The number of fused-ring (bicyclic) bond motifs is 7. The first kappa shape index (κ1) is 24.5. The van der Waals surface area contributed by atoms with Gasteiger partial charge in [0.25, 0.3) is 0 Å². The molecule has 5 aliphatic carbocycles. The number of aliphatic hydroxyl groups excluding tert-OH is 1. The molecule has 190 valence electrons. The fourth-order valence-corrected chi connectivity index (χ4v) is 10.6. The number of allylic oxidation sites excluding steroid dienone is 1. The minimum Gasteiger partial charge on any atom is -0.481 e. The van der Waals surface area contributed by atoms with Crippen molar-refractivity contribution >= 4 is 11.8 Å². The second-order valence-electron chi connectivity index (χ2n) is 15.1. The molecule has 4 fully saturated rings. The molecule has 5 rings (SSSR count). The molecule has 0 radical (unpaired) electrons. The van der Waals surface area contributed by atoms with E-state index in [9.17, 15) is 19.8 Å². The minimum absolute atomic E-state index is 0.123. The van der Waals surface area contributed by atoms with Crippen molar-refractivity contribution < 1.29 is 19.8 Å². The smallest absolute Gasteiger partial charge is 0.314 e. The second-order valence-corrected chi connectivity index (χ2v) is 15.1. The molecule has 0 spiro atoms. The number of ketones is 1. The Labute approximate surface area is 206 Å². The van der Waals surface area contributed by atoms with Gasteiger partial charge in [-0.3, -0.25) is 9.59 Å². The summed E-state index contributed by atoms with van der Waals surface area (Å²) < 4.78 is 0. The lowest BCUT2D eigenvalue weighted by atomic mass is 9.33. The number of hydrogen-bond donors (Lipinski definition) is 2. The maximum absolute atomic E-state index is 13.5. The summed E-state index contributed by atoms with van der Waals surface area (Å²) in [6.07, 6.45) is 9.37. The normalized spacial score (nSPS) is 51.3. The first-order valence-electron chi connectivity index (χ1n) is 13.7. The molecule has 0 heterocycles. The van der Waals surface area contributed by atoms with E-state index in [4.69, 9.17) is 0 Å². The molecule has 0 aromatic rings. The lowest BCUT2D eigenvalue weighted by molar-refractivity contribution is -0.226. The average molecular weight is 471 g/mol. The van der Waals surface area contributed by atoms with E-state index in [1.54, 1.807) is 0 Å². The molecule has 0 aliphatic heterocycles. The third kappa shape index (κ3) is 2.81. The van der Waals surface area contributed by atoms with Crippen LogP contribution in [0.4, 0.5) is 0 Å². The van der Waals surface area contributed by atoms with Crippen molar-refractivity contribution in [1.29, 1.82) is 0 Å². The van der Waals surface area contributed by atoms with Crippen molar-refractivity contribution in [3.05, 3.63) is 11.6 Å². The molecule has 34 heavy (non-hydrogen) atoms. The highest BCUT2D eigenvalue weighted by atomic mass is 16.4. The van der Waals surface area contributed by atoms with Gasteiger partial charge in [0.15, 0.2) is 0 Å². The maximum Gasteiger partial charge on any atom is 0.314 e. The molecular formula is C30H46O4. The predicted octanol–water partition coefficient (Wildman–Crippen LogP) is 6.41. The molecule has 4 saturated carbocycles. The fourth-order valence-electron chi connectivity index (χ4n) is 10.6. The Morgan fingerprint density at radius 3 is 2.24 bits per heavy atom. The average Bonchev–Trinajstić information content (AvgIpc) is 2.70. The second kappa shape index (κ2) is 6.99. The zero-order valence-electron chi connectivity index (χ0n) is 22.5. The van der Waals surface area contributed by atoms with Gasteiger partial charge in [0.2, 0.25) is 0 Å². The molecule has 2 N–H and O–H groups in total. The summed E-state index contributed by atoms with van der Waals surface area (Å²) in [7, 11) is 0. The topological polar surface area (TPSA) is 74.6 Å². The van der Waals surface area contributed by atoms with E-state index >= 15 is 0 Å². The van der Waals surface area contributed by atoms with E-state index in [0.717, 1.165) is 32.1 Å². The van der Waals surface area contributed by atoms with Crippen LogP contribution < -0.4 is 0 Å². The number of aliphatic hydroxyl groups is 1. The van der Waals surface area contributed by atoms with Gasteiger partial charge in [0.05, 0.1) is 11.5 Å². The van der Waals surface area contributed by atoms with Crippen molar-refractivity contribution in [2.24, 2.45) is 50.2 Å². The number of rotatable bonds is 1. The first-order valence-corrected chi connectivity index (χ1v) is 13.7. The number of carbonyl (C=O) groups excluding carboxylic acids is 1. The first-order chi connectivity index (χ1) is 15.6. The Bertz CT molecular complexity index is 961. The van der Waals surface area contributed by atoms with Gasteiger partial charge in [0.1, 0.15) is 5.78 Å². The molecular weight excluding hydrogens is 424 g/mol. The number of aliphatic carboxylic acids is 1. The molecule has 0 aromatic carbocycles. The Hall–Kier alpha value is -1.16. The van der Waals surface area contributed by atoms with Gasteiger partial charge >= 0.3 is 5.97 Å². The molecule has 5 aliphatic rings. The van der Waals surface area contributed by atoms with E-state index in [2.05, 4.69) is 40.7 Å². The summed E-state index contributed by atoms with van der Waals surface area (Å²) in [5, 5.41) is 22.8. The van der Waals surface area contributed by atoms with E-state index in [1.807, 2.05) is 13.8 Å². The Morgan fingerprint density at radius 2 is 1.59 bits per heavy atom. The summed E-state index contributed by atoms with van der Waals surface area (Å²) in [5.41, 5.74) is -0.695. The van der Waals surface area contributed by atoms with Crippen LogP contribution in [0.15, 0.2) is 11.6 Å². The van der Waals surface area contributed by atoms with Crippen molar-refractivity contribution in [3.8, 4) is 0 Å². The van der Waals surface area contributed by atoms with Crippen LogP contribution >= 0.6 is 0 Å². The molecule has 0 amide bonds. The summed E-state index contributed by atoms with van der Waals surface area (Å²) in [4.78, 5) is 26.4. The van der Waals surface area contributed by atoms with Gasteiger partial charge in [-0.05, 0) is 84.9 Å². The van der Waals surface area contributed by atoms with Crippen LogP contribution in [0.25, 0.3) is 0 Å². The van der Waals surface area contributed by atoms with E-state index in [0.29, 0.717) is 25.2 Å². The van der Waals surface area contributed by atoms with Gasteiger partial charge in [0, 0.05) is 17.8 Å². The highest BCUT2D eigenvalue weighted by molar-refractivity contribution is 5.86. The predicted molar refractivity (Wildman–Crippen MR) is 133 cm³/mol. The molecule has 0 bridgehead atoms. The number of carboxylic acid groups (broad SMARTS) is 1. The lowest BCUT2D eigenvalue weighted by Crippen LogP contribution is -2.69. The highest BCUT2D eigenvalue weighted by Gasteiger charge is 2.73. The highest BCUT2D eigenvalue weighted by Crippen LogP contribution is 2.75. The Balaban J connectivity index is 1.68. The molecule has 4 nitrogen and oxygen atoms in total. The number of carboxylic acids is 1. The van der Waals surface area contributed by atoms with Crippen LogP contribution in [0.3, 0.4) is 0 Å². The zero-order valence-corrected chi connectivity index (χ0v) is 22.5. The molecule has 0 aromatic heterocycles. The van der Waals surface area contributed by atoms with Gasteiger partial charge in [-0.25, -0.2) is 0 Å². The molecule has 0 saturated heterocycles. The summed E-state index contributed by atoms with van der Waals surface area (Å²) in [5.74, 6) is -0.109. The van der Waals surface area contributed by atoms with Crippen LogP contribution in [0.5, 0.6) is 0 Å². The van der Waals surface area contributed by atoms with Gasteiger partial charge < -0.3 is 10.2 Å². The number of carbonyl (C=O) groups is 2. The van der Waals surface area contributed by atoms with Crippen LogP contribution in [-0.2, 0) is 9.59 Å². The summed E-state index contributed by atoms with van der Waals surface area (Å²) in [6, 6.07) is 0. The molecule has 4 heteroatoms. The van der Waals surface area contributed by atoms with Crippen molar-refractivity contribution in [2.75, 3.05) is 0 Å². The Morgan fingerprint density at radius 1 is 0.941 bits per heavy atom. The quantitative estimate of drug-likeness (QED) is 0.434. The SMILES string of the molecule is CC1(C)CC[C@]2(C)CC[C@]3(C(=O)O)C(=CC[C@@H]4[C@@]5(C)CCC(=O)C(C)(C)[C@@H]5[C@H](O)C[C@]43C)[C@@H]2C1. The van der Waals surface area contributed by atoms with Gasteiger partial charge in [-0.1, -0.05) is 60.1 Å². The number of Topliss-reactive ketones (excluding diaryl/α,β-unsaturated/α-hetero) is 1. The van der Waals surface area contributed by atoms with Crippen LogP contribution in [-0.4, -0.2) is 28.1 Å². The van der Waals surface area contributed by atoms with Gasteiger partial charge in [-0.15, -0.1) is 0 Å². The third-order valence-electron chi connectivity index (χ3n) is 12.5. The van der Waals surface area contributed by atoms with E-state index < -0.39 is 28.3 Å². The minimum atomic E-state index is -0.923. The Kier molecular flexibility index (Phi) is 5.04. The molecule has 0 unspecified atom stereocenters. The van der Waals surface area contributed by atoms with Crippen molar-refractivity contribution in [1.82, 2.24) is 0 Å². The third-order valence-corrected chi connectivity index (χ3v) is 12.5. The molecule has 8 atom stereocenters. The zero-order chi connectivity index (χ0) is 25.1. The van der Waals surface area contributed by atoms with Crippen molar-refractivity contribution in [2.45, 2.75) is 112 Å². The summed E-state index contributed by atoms with van der Waals surface area (Å²) >= 11 is 0. The van der Waals surface area contributed by atoms with Crippen LogP contribution in [0.1, 0.15) is 106 Å². The van der Waals surface area contributed by atoms with Crippen LogP contribution in [0, 0.1) is 50.2 Å². The van der Waals surface area contributed by atoms with E-state index in [1.165, 1.54) is 12.0 Å². The maximum atomic E-state index is 13.5. The number of hydrogen-bond acceptors (Lipinski definition) is 3.